The molecule has 0 aliphatic carbocycles. The minimum absolute atomic E-state index is 0.0132. The Balaban J connectivity index is 1.59. The minimum atomic E-state index is -0.0132. The SMILES string of the molecule is Cc1ccccc1CNC(=O)CSc1nccnc1Sc1ccccc1C. The molecule has 0 aliphatic rings. The van der Waals surface area contributed by atoms with Crippen LogP contribution in [0.3, 0.4) is 0 Å². The normalized spacial score (nSPS) is 10.6. The van der Waals surface area contributed by atoms with Gasteiger partial charge < -0.3 is 5.32 Å². The van der Waals surface area contributed by atoms with Crippen molar-refractivity contribution in [2.75, 3.05) is 5.75 Å². The second kappa shape index (κ2) is 9.58. The van der Waals surface area contributed by atoms with Crippen LogP contribution in [0.15, 0.2) is 75.9 Å². The maximum Gasteiger partial charge on any atom is 0.230 e. The molecule has 4 nitrogen and oxygen atoms in total. The van der Waals surface area contributed by atoms with Gasteiger partial charge in [-0.15, -0.1) is 0 Å². The molecule has 0 saturated heterocycles. The average molecular weight is 396 g/mol. The summed E-state index contributed by atoms with van der Waals surface area (Å²) in [5, 5.41) is 4.57. The highest BCUT2D eigenvalue weighted by atomic mass is 32.2. The highest BCUT2D eigenvalue weighted by Crippen LogP contribution is 2.33. The highest BCUT2D eigenvalue weighted by Gasteiger charge is 2.11. The van der Waals surface area contributed by atoms with E-state index in [0.29, 0.717) is 12.3 Å². The molecule has 0 atom stereocenters. The largest absolute Gasteiger partial charge is 0.351 e. The summed E-state index contributed by atoms with van der Waals surface area (Å²) >= 11 is 2.99. The fourth-order valence-corrected chi connectivity index (χ4v) is 4.26. The molecule has 27 heavy (non-hydrogen) atoms. The number of nitrogens with zero attached hydrogens (tertiary/aromatic N) is 2. The zero-order valence-electron chi connectivity index (χ0n) is 15.3. The van der Waals surface area contributed by atoms with Gasteiger partial charge in [0, 0.05) is 23.8 Å². The van der Waals surface area contributed by atoms with E-state index in [1.54, 1.807) is 24.2 Å². The van der Waals surface area contributed by atoms with Gasteiger partial charge in [0.05, 0.1) is 5.75 Å². The summed E-state index contributed by atoms with van der Waals surface area (Å²) in [7, 11) is 0. The molecule has 1 heterocycles. The number of nitrogens with one attached hydrogen (secondary N) is 1. The van der Waals surface area contributed by atoms with Gasteiger partial charge in [0.25, 0.3) is 0 Å². The Bertz CT molecular complexity index is 931. The molecule has 1 amide bonds. The standard InChI is InChI=1S/C21H21N3OS2/c1-15-7-3-5-9-17(15)13-24-19(25)14-26-20-21(23-12-11-22-20)27-18-10-6-4-8-16(18)2/h3-12H,13-14H2,1-2H3,(H,24,25). The van der Waals surface area contributed by atoms with Crippen LogP contribution < -0.4 is 5.32 Å². The molecule has 0 unspecified atom stereocenters. The number of rotatable bonds is 7. The topological polar surface area (TPSA) is 54.9 Å². The predicted molar refractivity (Wildman–Crippen MR) is 111 cm³/mol. The quantitative estimate of drug-likeness (QED) is 0.590. The monoisotopic (exact) mass is 395 g/mol. The van der Waals surface area contributed by atoms with Crippen molar-refractivity contribution in [1.29, 1.82) is 0 Å². The molecule has 0 fully saturated rings. The van der Waals surface area contributed by atoms with Crippen molar-refractivity contribution >= 4 is 29.4 Å². The van der Waals surface area contributed by atoms with E-state index in [1.165, 1.54) is 22.9 Å². The van der Waals surface area contributed by atoms with Crippen LogP contribution in [0.1, 0.15) is 16.7 Å². The fraction of sp³-hybridized carbons (Fsp3) is 0.190. The molecule has 3 rings (SSSR count). The number of aromatic nitrogens is 2. The van der Waals surface area contributed by atoms with Gasteiger partial charge in [0.15, 0.2) is 0 Å². The number of hydrogen-bond acceptors (Lipinski definition) is 5. The van der Waals surface area contributed by atoms with Crippen molar-refractivity contribution < 1.29 is 4.79 Å². The molecule has 1 aromatic heterocycles. The van der Waals surface area contributed by atoms with Crippen molar-refractivity contribution in [2.45, 2.75) is 35.3 Å². The maximum absolute atomic E-state index is 12.2. The van der Waals surface area contributed by atoms with Gasteiger partial charge in [0.2, 0.25) is 5.91 Å². The van der Waals surface area contributed by atoms with E-state index in [1.807, 2.05) is 43.3 Å². The minimum Gasteiger partial charge on any atom is -0.351 e. The Morgan fingerprint density at radius 3 is 2.33 bits per heavy atom. The molecule has 138 valence electrons. The summed E-state index contributed by atoms with van der Waals surface area (Å²) in [6, 6.07) is 16.2. The first kappa shape index (κ1) is 19.5. The number of thioether (sulfide) groups is 1. The Labute approximate surface area is 168 Å². The summed E-state index contributed by atoms with van der Waals surface area (Å²) < 4.78 is 0. The van der Waals surface area contributed by atoms with Gasteiger partial charge >= 0.3 is 0 Å². The second-order valence-electron chi connectivity index (χ2n) is 6.03. The van der Waals surface area contributed by atoms with Crippen LogP contribution in [-0.2, 0) is 11.3 Å². The van der Waals surface area contributed by atoms with E-state index in [4.69, 9.17) is 0 Å². The Morgan fingerprint density at radius 1 is 0.926 bits per heavy atom. The zero-order valence-corrected chi connectivity index (χ0v) is 16.9. The molecule has 2 aromatic carbocycles. The summed E-state index contributed by atoms with van der Waals surface area (Å²) in [4.78, 5) is 22.2. The Hall–Kier alpha value is -2.31. The number of carbonyl (C=O) groups excluding carboxylic acids is 1. The van der Waals surface area contributed by atoms with Crippen LogP contribution in [0.25, 0.3) is 0 Å². The van der Waals surface area contributed by atoms with E-state index >= 15 is 0 Å². The molecule has 0 saturated carbocycles. The van der Waals surface area contributed by atoms with Crippen molar-refractivity contribution in [1.82, 2.24) is 15.3 Å². The first-order chi connectivity index (χ1) is 13.1. The van der Waals surface area contributed by atoms with Gasteiger partial charge in [-0.25, -0.2) is 9.97 Å². The van der Waals surface area contributed by atoms with Crippen LogP contribution in [-0.4, -0.2) is 21.6 Å². The highest BCUT2D eigenvalue weighted by molar-refractivity contribution is 8.02. The van der Waals surface area contributed by atoms with Crippen LogP contribution in [0, 0.1) is 13.8 Å². The Morgan fingerprint density at radius 2 is 1.59 bits per heavy atom. The molecule has 1 N–H and O–H groups in total. The summed E-state index contributed by atoms with van der Waals surface area (Å²) in [6.45, 7) is 4.66. The molecule has 0 spiro atoms. The van der Waals surface area contributed by atoms with Gasteiger partial charge in [0.1, 0.15) is 10.1 Å². The van der Waals surface area contributed by atoms with E-state index in [-0.39, 0.29) is 5.91 Å². The smallest absolute Gasteiger partial charge is 0.230 e. The Kier molecular flexibility index (Phi) is 6.90. The summed E-state index contributed by atoms with van der Waals surface area (Å²) in [5.41, 5.74) is 3.50. The van der Waals surface area contributed by atoms with Gasteiger partial charge in [-0.3, -0.25) is 4.79 Å². The zero-order chi connectivity index (χ0) is 19.1. The maximum atomic E-state index is 12.2. The molecule has 0 aliphatic heterocycles. The first-order valence-electron chi connectivity index (χ1n) is 8.62. The summed E-state index contributed by atoms with van der Waals surface area (Å²) in [5.74, 6) is 0.298. The molecule has 0 bridgehead atoms. The average Bonchev–Trinajstić information content (AvgIpc) is 2.68. The van der Waals surface area contributed by atoms with Crippen molar-refractivity contribution in [2.24, 2.45) is 0 Å². The van der Waals surface area contributed by atoms with Crippen molar-refractivity contribution in [3.63, 3.8) is 0 Å². The predicted octanol–water partition coefficient (Wildman–Crippen LogP) is 4.65. The molecule has 3 aromatic rings. The van der Waals surface area contributed by atoms with Crippen LogP contribution in [0.2, 0.25) is 0 Å². The fourth-order valence-electron chi connectivity index (χ4n) is 2.44. The lowest BCUT2D eigenvalue weighted by Gasteiger charge is -2.09. The lowest BCUT2D eigenvalue weighted by atomic mass is 10.1. The van der Waals surface area contributed by atoms with Crippen LogP contribution in [0.4, 0.5) is 0 Å². The lowest BCUT2D eigenvalue weighted by Crippen LogP contribution is -2.25. The van der Waals surface area contributed by atoms with Crippen molar-refractivity contribution in [3.8, 4) is 0 Å². The van der Waals surface area contributed by atoms with E-state index in [0.717, 1.165) is 20.5 Å². The van der Waals surface area contributed by atoms with Gasteiger partial charge in [-0.05, 0) is 36.6 Å². The third kappa shape index (κ3) is 5.58. The lowest BCUT2D eigenvalue weighted by molar-refractivity contribution is -0.118. The molecular weight excluding hydrogens is 374 g/mol. The number of aryl methyl sites for hydroxylation is 2. The number of carbonyl (C=O) groups is 1. The van der Waals surface area contributed by atoms with E-state index < -0.39 is 0 Å². The first-order valence-corrected chi connectivity index (χ1v) is 10.4. The van der Waals surface area contributed by atoms with Crippen LogP contribution in [0.5, 0.6) is 0 Å². The van der Waals surface area contributed by atoms with Gasteiger partial charge in [-0.2, -0.15) is 0 Å². The third-order valence-electron chi connectivity index (χ3n) is 4.01. The summed E-state index contributed by atoms with van der Waals surface area (Å²) in [6.07, 6.45) is 3.35. The van der Waals surface area contributed by atoms with Gasteiger partial charge in [-0.1, -0.05) is 66.0 Å². The van der Waals surface area contributed by atoms with E-state index in [9.17, 15) is 4.79 Å². The third-order valence-corrected chi connectivity index (χ3v) is 6.29. The number of benzene rings is 2. The molecule has 6 heteroatoms. The molecule has 0 radical (unpaired) electrons. The van der Waals surface area contributed by atoms with Crippen LogP contribution >= 0.6 is 23.5 Å². The number of hydrogen-bond donors (Lipinski definition) is 1. The molecular formula is C21H21N3OS2. The number of amides is 1. The second-order valence-corrected chi connectivity index (χ2v) is 8.02. The van der Waals surface area contributed by atoms with E-state index in [2.05, 4.69) is 34.3 Å². The van der Waals surface area contributed by atoms with Crippen molar-refractivity contribution in [3.05, 3.63) is 77.6 Å².